The first-order chi connectivity index (χ1) is 7.86. The monoisotopic (exact) mass is 219 g/mol. The molecule has 1 N–H and O–H groups in total. The maximum absolute atomic E-state index is 4.52. The van der Waals surface area contributed by atoms with Gasteiger partial charge in [0, 0.05) is 20.0 Å². The van der Waals surface area contributed by atoms with E-state index in [4.69, 9.17) is 0 Å². The number of hydrogen-bond acceptors (Lipinski definition) is 2. The molecule has 1 aliphatic carbocycles. The van der Waals surface area contributed by atoms with E-state index in [1.165, 1.54) is 43.5 Å². The van der Waals surface area contributed by atoms with E-state index in [0.717, 1.165) is 18.9 Å². The average Bonchev–Trinajstić information content (AvgIpc) is 2.73. The SMILES string of the molecule is Cn1cnc2c1C(C1CCCCC1)NCC2. The summed E-state index contributed by atoms with van der Waals surface area (Å²) in [6.07, 6.45) is 10.1. The summed E-state index contributed by atoms with van der Waals surface area (Å²) < 4.78 is 2.22. The second-order valence-electron chi connectivity index (χ2n) is 5.27. The van der Waals surface area contributed by atoms with Crippen LogP contribution in [-0.4, -0.2) is 16.1 Å². The van der Waals surface area contributed by atoms with E-state index in [2.05, 4.69) is 21.9 Å². The van der Waals surface area contributed by atoms with Gasteiger partial charge in [0.1, 0.15) is 0 Å². The minimum atomic E-state index is 0.566. The van der Waals surface area contributed by atoms with Crippen molar-refractivity contribution in [3.05, 3.63) is 17.7 Å². The molecule has 2 heterocycles. The Kier molecular flexibility index (Phi) is 2.72. The second-order valence-corrected chi connectivity index (χ2v) is 5.27. The number of aryl methyl sites for hydroxylation is 1. The van der Waals surface area contributed by atoms with Crippen molar-refractivity contribution >= 4 is 0 Å². The van der Waals surface area contributed by atoms with Crippen molar-refractivity contribution in [1.82, 2.24) is 14.9 Å². The summed E-state index contributed by atoms with van der Waals surface area (Å²) in [5.41, 5.74) is 2.79. The van der Waals surface area contributed by atoms with Crippen LogP contribution in [0.5, 0.6) is 0 Å². The number of nitrogens with zero attached hydrogens (tertiary/aromatic N) is 2. The van der Waals surface area contributed by atoms with Crippen molar-refractivity contribution in [2.24, 2.45) is 13.0 Å². The van der Waals surface area contributed by atoms with E-state index in [0.29, 0.717) is 6.04 Å². The Morgan fingerprint density at radius 1 is 1.31 bits per heavy atom. The third-order valence-electron chi connectivity index (χ3n) is 4.20. The predicted molar refractivity (Wildman–Crippen MR) is 64.2 cm³/mol. The number of hydrogen-bond donors (Lipinski definition) is 1. The molecule has 0 amide bonds. The van der Waals surface area contributed by atoms with Gasteiger partial charge in [-0.05, 0) is 18.8 Å². The molecule has 3 heteroatoms. The smallest absolute Gasteiger partial charge is 0.0949 e. The van der Waals surface area contributed by atoms with Gasteiger partial charge in [0.15, 0.2) is 0 Å². The van der Waals surface area contributed by atoms with Crippen LogP contribution < -0.4 is 5.32 Å². The molecule has 16 heavy (non-hydrogen) atoms. The van der Waals surface area contributed by atoms with Gasteiger partial charge in [-0.3, -0.25) is 0 Å². The lowest BCUT2D eigenvalue weighted by Gasteiger charge is -2.34. The maximum atomic E-state index is 4.52. The molecule has 0 aromatic carbocycles. The van der Waals surface area contributed by atoms with Crippen LogP contribution in [0.25, 0.3) is 0 Å². The van der Waals surface area contributed by atoms with Gasteiger partial charge in [0.2, 0.25) is 0 Å². The Balaban J connectivity index is 1.88. The number of aromatic nitrogens is 2. The first kappa shape index (κ1) is 10.3. The van der Waals surface area contributed by atoms with Crippen LogP contribution >= 0.6 is 0 Å². The number of rotatable bonds is 1. The molecule has 1 aliphatic heterocycles. The van der Waals surface area contributed by atoms with Crippen molar-refractivity contribution in [2.45, 2.75) is 44.6 Å². The molecule has 1 saturated carbocycles. The molecule has 3 rings (SSSR count). The summed E-state index contributed by atoms with van der Waals surface area (Å²) >= 11 is 0. The molecule has 1 aromatic heterocycles. The standard InChI is InChI=1S/C13H21N3/c1-16-9-15-11-7-8-14-12(13(11)16)10-5-3-2-4-6-10/h9-10,12,14H,2-8H2,1H3. The lowest BCUT2D eigenvalue weighted by atomic mass is 9.81. The quantitative estimate of drug-likeness (QED) is 0.784. The average molecular weight is 219 g/mol. The highest BCUT2D eigenvalue weighted by molar-refractivity contribution is 5.21. The van der Waals surface area contributed by atoms with Gasteiger partial charge in [0.05, 0.1) is 23.8 Å². The molecular formula is C13H21N3. The van der Waals surface area contributed by atoms with Gasteiger partial charge in [-0.15, -0.1) is 0 Å². The van der Waals surface area contributed by atoms with E-state index in [1.54, 1.807) is 0 Å². The van der Waals surface area contributed by atoms with E-state index in [9.17, 15) is 0 Å². The van der Waals surface area contributed by atoms with Crippen LogP contribution in [0.1, 0.15) is 49.5 Å². The predicted octanol–water partition coefficient (Wildman–Crippen LogP) is 2.19. The molecule has 0 bridgehead atoms. The van der Waals surface area contributed by atoms with E-state index in [1.807, 2.05) is 6.33 Å². The molecule has 1 atom stereocenters. The number of nitrogens with one attached hydrogen (secondary N) is 1. The van der Waals surface area contributed by atoms with E-state index >= 15 is 0 Å². The number of imidazole rings is 1. The first-order valence-corrected chi connectivity index (χ1v) is 6.60. The summed E-state index contributed by atoms with van der Waals surface area (Å²) in [4.78, 5) is 4.52. The van der Waals surface area contributed by atoms with Gasteiger partial charge >= 0.3 is 0 Å². The lowest BCUT2D eigenvalue weighted by molar-refractivity contribution is 0.257. The van der Waals surface area contributed by atoms with E-state index < -0.39 is 0 Å². The Morgan fingerprint density at radius 2 is 2.12 bits per heavy atom. The van der Waals surface area contributed by atoms with Crippen LogP contribution in [0.4, 0.5) is 0 Å². The van der Waals surface area contributed by atoms with Gasteiger partial charge in [0.25, 0.3) is 0 Å². The Labute approximate surface area is 97.3 Å². The first-order valence-electron chi connectivity index (χ1n) is 6.60. The normalized spacial score (nSPS) is 26.7. The molecule has 0 saturated heterocycles. The molecule has 3 nitrogen and oxygen atoms in total. The molecule has 0 radical (unpaired) electrons. The molecule has 1 aromatic rings. The fourth-order valence-corrected chi connectivity index (χ4v) is 3.38. The Bertz CT molecular complexity index is 363. The summed E-state index contributed by atoms with van der Waals surface area (Å²) in [6, 6.07) is 0.566. The Morgan fingerprint density at radius 3 is 2.94 bits per heavy atom. The third-order valence-corrected chi connectivity index (χ3v) is 4.20. The molecule has 0 spiro atoms. The summed E-state index contributed by atoms with van der Waals surface area (Å²) in [6.45, 7) is 1.10. The zero-order valence-electron chi connectivity index (χ0n) is 10.1. The summed E-state index contributed by atoms with van der Waals surface area (Å²) in [5, 5.41) is 3.71. The second kappa shape index (κ2) is 4.21. The van der Waals surface area contributed by atoms with Crippen LogP contribution in [0.15, 0.2) is 6.33 Å². The lowest BCUT2D eigenvalue weighted by Crippen LogP contribution is -2.36. The van der Waals surface area contributed by atoms with Crippen LogP contribution in [-0.2, 0) is 13.5 Å². The third kappa shape index (κ3) is 1.67. The molecular weight excluding hydrogens is 198 g/mol. The van der Waals surface area contributed by atoms with Crippen LogP contribution in [0.3, 0.4) is 0 Å². The van der Waals surface area contributed by atoms with Crippen molar-refractivity contribution in [1.29, 1.82) is 0 Å². The van der Waals surface area contributed by atoms with E-state index in [-0.39, 0.29) is 0 Å². The highest BCUT2D eigenvalue weighted by Crippen LogP contribution is 2.36. The molecule has 1 unspecified atom stereocenters. The fraction of sp³-hybridized carbons (Fsp3) is 0.769. The van der Waals surface area contributed by atoms with Crippen molar-refractivity contribution in [2.75, 3.05) is 6.54 Å². The highest BCUT2D eigenvalue weighted by Gasteiger charge is 2.31. The molecule has 88 valence electrons. The summed E-state index contributed by atoms with van der Waals surface area (Å²) in [7, 11) is 2.13. The van der Waals surface area contributed by atoms with Gasteiger partial charge < -0.3 is 9.88 Å². The molecule has 2 aliphatic rings. The van der Waals surface area contributed by atoms with Gasteiger partial charge in [-0.2, -0.15) is 0 Å². The molecule has 1 fully saturated rings. The number of fused-ring (bicyclic) bond motifs is 1. The van der Waals surface area contributed by atoms with Crippen molar-refractivity contribution < 1.29 is 0 Å². The van der Waals surface area contributed by atoms with Crippen LogP contribution in [0.2, 0.25) is 0 Å². The zero-order chi connectivity index (χ0) is 11.0. The van der Waals surface area contributed by atoms with Gasteiger partial charge in [-0.1, -0.05) is 19.3 Å². The van der Waals surface area contributed by atoms with Crippen molar-refractivity contribution in [3.63, 3.8) is 0 Å². The van der Waals surface area contributed by atoms with Crippen LogP contribution in [0, 0.1) is 5.92 Å². The fourth-order valence-electron chi connectivity index (χ4n) is 3.38. The topological polar surface area (TPSA) is 29.9 Å². The summed E-state index contributed by atoms with van der Waals surface area (Å²) in [5.74, 6) is 0.836. The zero-order valence-corrected chi connectivity index (χ0v) is 10.1. The largest absolute Gasteiger partial charge is 0.336 e. The van der Waals surface area contributed by atoms with Crippen molar-refractivity contribution in [3.8, 4) is 0 Å². The highest BCUT2D eigenvalue weighted by atomic mass is 15.1. The maximum Gasteiger partial charge on any atom is 0.0949 e. The Hall–Kier alpha value is -0.830. The minimum Gasteiger partial charge on any atom is -0.336 e. The minimum absolute atomic E-state index is 0.566. The van der Waals surface area contributed by atoms with Gasteiger partial charge in [-0.25, -0.2) is 4.98 Å².